The molecule has 0 saturated carbocycles. The Labute approximate surface area is 119 Å². The van der Waals surface area contributed by atoms with E-state index >= 15 is 0 Å². The maximum absolute atomic E-state index is 11.3. The molecule has 3 N–H and O–H groups in total. The second-order valence-corrected chi connectivity index (χ2v) is 5.27. The smallest absolute Gasteiger partial charge is 0.249 e. The normalized spacial score (nSPS) is 16.0. The van der Waals surface area contributed by atoms with Crippen molar-refractivity contribution in [3.05, 3.63) is 29.3 Å². The Kier molecular flexibility index (Phi) is 4.27. The molecule has 2 amide bonds. The summed E-state index contributed by atoms with van der Waals surface area (Å²) in [6, 6.07) is 5.85. The molecule has 0 atom stereocenters. The average Bonchev–Trinajstić information content (AvgIpc) is 2.41. The zero-order chi connectivity index (χ0) is 14.7. The van der Waals surface area contributed by atoms with Crippen LogP contribution in [0, 0.1) is 6.92 Å². The van der Waals surface area contributed by atoms with Crippen LogP contribution in [0.25, 0.3) is 0 Å². The molecule has 0 spiro atoms. The van der Waals surface area contributed by atoms with Gasteiger partial charge in [-0.3, -0.25) is 9.59 Å². The van der Waals surface area contributed by atoms with Gasteiger partial charge in [0.05, 0.1) is 0 Å². The number of carbonyl (C=O) groups is 2. The van der Waals surface area contributed by atoms with Crippen LogP contribution in [0.2, 0.25) is 0 Å². The zero-order valence-corrected chi connectivity index (χ0v) is 12.0. The highest BCUT2D eigenvalue weighted by Crippen LogP contribution is 2.22. The zero-order valence-electron chi connectivity index (χ0n) is 12.0. The van der Waals surface area contributed by atoms with E-state index in [4.69, 9.17) is 5.73 Å². The third-order valence-corrected chi connectivity index (χ3v) is 3.90. The largest absolute Gasteiger partial charge is 0.382 e. The number of hydrogen-bond donors (Lipinski definition) is 2. The fourth-order valence-corrected chi connectivity index (χ4v) is 2.62. The molecule has 0 aromatic heterocycles. The van der Waals surface area contributed by atoms with Crippen molar-refractivity contribution in [2.75, 3.05) is 18.4 Å². The summed E-state index contributed by atoms with van der Waals surface area (Å²) in [6.45, 7) is 5.06. The molecule has 1 aliphatic rings. The predicted molar refractivity (Wildman–Crippen MR) is 78.6 cm³/mol. The Balaban J connectivity index is 2.03. The third kappa shape index (κ3) is 3.10. The van der Waals surface area contributed by atoms with Gasteiger partial charge in [-0.2, -0.15) is 0 Å². The summed E-state index contributed by atoms with van der Waals surface area (Å²) in [5, 5.41) is 3.46. The number of primary amides is 1. The minimum atomic E-state index is -0.405. The van der Waals surface area contributed by atoms with Crippen LogP contribution in [0.5, 0.6) is 0 Å². The molecule has 1 heterocycles. The number of piperidine rings is 1. The first-order valence-electron chi connectivity index (χ1n) is 6.90. The highest BCUT2D eigenvalue weighted by atomic mass is 16.2. The van der Waals surface area contributed by atoms with Gasteiger partial charge >= 0.3 is 0 Å². The maximum atomic E-state index is 11.3. The van der Waals surface area contributed by atoms with E-state index in [-0.39, 0.29) is 5.91 Å². The van der Waals surface area contributed by atoms with Crippen molar-refractivity contribution >= 4 is 17.5 Å². The molecule has 1 fully saturated rings. The van der Waals surface area contributed by atoms with Crippen LogP contribution in [-0.2, 0) is 4.79 Å². The molecule has 1 aromatic carbocycles. The number of rotatable bonds is 3. The molecule has 0 bridgehead atoms. The van der Waals surface area contributed by atoms with Gasteiger partial charge in [0, 0.05) is 37.3 Å². The van der Waals surface area contributed by atoms with Gasteiger partial charge in [-0.25, -0.2) is 0 Å². The van der Waals surface area contributed by atoms with Crippen molar-refractivity contribution in [2.45, 2.75) is 32.7 Å². The van der Waals surface area contributed by atoms with Crippen molar-refractivity contribution in [3.63, 3.8) is 0 Å². The first kappa shape index (κ1) is 14.4. The van der Waals surface area contributed by atoms with E-state index in [1.54, 1.807) is 13.0 Å². The molecule has 2 rings (SSSR count). The topological polar surface area (TPSA) is 75.4 Å². The Bertz CT molecular complexity index is 520. The van der Waals surface area contributed by atoms with Gasteiger partial charge in [-0.05, 0) is 37.5 Å². The molecule has 0 unspecified atom stereocenters. The minimum Gasteiger partial charge on any atom is -0.382 e. The van der Waals surface area contributed by atoms with E-state index in [1.807, 2.05) is 24.0 Å². The lowest BCUT2D eigenvalue weighted by atomic mass is 10.0. The number of carbonyl (C=O) groups excluding carboxylic acids is 2. The second kappa shape index (κ2) is 5.94. The highest BCUT2D eigenvalue weighted by Gasteiger charge is 2.21. The molecule has 5 nitrogen and oxygen atoms in total. The number of nitrogens with two attached hydrogens (primary N) is 1. The summed E-state index contributed by atoms with van der Waals surface area (Å²) >= 11 is 0. The van der Waals surface area contributed by atoms with Crippen molar-refractivity contribution in [2.24, 2.45) is 5.73 Å². The summed E-state index contributed by atoms with van der Waals surface area (Å²) in [5.41, 5.74) is 7.74. The number of nitrogens with zero attached hydrogens (tertiary/aromatic N) is 1. The van der Waals surface area contributed by atoms with E-state index in [1.165, 1.54) is 0 Å². The van der Waals surface area contributed by atoms with Crippen LogP contribution in [0.3, 0.4) is 0 Å². The van der Waals surface area contributed by atoms with Gasteiger partial charge in [0.2, 0.25) is 11.8 Å². The number of amides is 2. The molecule has 1 saturated heterocycles. The Morgan fingerprint density at radius 2 is 1.95 bits per heavy atom. The quantitative estimate of drug-likeness (QED) is 0.878. The third-order valence-electron chi connectivity index (χ3n) is 3.90. The summed E-state index contributed by atoms with van der Waals surface area (Å²) in [6.07, 6.45) is 1.83. The molecule has 0 aliphatic carbocycles. The van der Waals surface area contributed by atoms with E-state index < -0.39 is 5.91 Å². The number of hydrogen-bond acceptors (Lipinski definition) is 3. The lowest BCUT2D eigenvalue weighted by Crippen LogP contribution is -2.41. The maximum Gasteiger partial charge on any atom is 0.249 e. The average molecular weight is 275 g/mol. The Morgan fingerprint density at radius 3 is 2.50 bits per heavy atom. The molecular formula is C15H21N3O2. The molecular weight excluding hydrogens is 254 g/mol. The number of likely N-dealkylation sites (tertiary alicyclic amines) is 1. The Hall–Kier alpha value is -2.04. The summed E-state index contributed by atoms with van der Waals surface area (Å²) < 4.78 is 0. The molecule has 5 heteroatoms. The summed E-state index contributed by atoms with van der Waals surface area (Å²) in [4.78, 5) is 24.5. The first-order valence-corrected chi connectivity index (χ1v) is 6.90. The standard InChI is InChI=1S/C15H21N3O2/c1-10-13(15(16)20)4-3-5-14(10)17-12-6-8-18(9-7-12)11(2)19/h3-5,12,17H,6-9H2,1-2H3,(H2,16,20). The van der Waals surface area contributed by atoms with Crippen LogP contribution >= 0.6 is 0 Å². The van der Waals surface area contributed by atoms with E-state index in [2.05, 4.69) is 5.32 Å². The van der Waals surface area contributed by atoms with E-state index in [0.717, 1.165) is 37.2 Å². The second-order valence-electron chi connectivity index (χ2n) is 5.27. The van der Waals surface area contributed by atoms with Crippen molar-refractivity contribution in [1.82, 2.24) is 4.90 Å². The highest BCUT2D eigenvalue weighted by molar-refractivity contribution is 5.95. The van der Waals surface area contributed by atoms with Crippen molar-refractivity contribution in [3.8, 4) is 0 Å². The van der Waals surface area contributed by atoms with Crippen molar-refractivity contribution in [1.29, 1.82) is 0 Å². The number of benzene rings is 1. The SMILES string of the molecule is CC(=O)N1CCC(Nc2cccc(C(N)=O)c2C)CC1. The van der Waals surface area contributed by atoms with Gasteiger partial charge in [0.25, 0.3) is 0 Å². The van der Waals surface area contributed by atoms with Crippen LogP contribution in [-0.4, -0.2) is 35.8 Å². The lowest BCUT2D eigenvalue weighted by Gasteiger charge is -2.32. The van der Waals surface area contributed by atoms with Gasteiger partial charge in [-0.15, -0.1) is 0 Å². The molecule has 1 aromatic rings. The van der Waals surface area contributed by atoms with Crippen molar-refractivity contribution < 1.29 is 9.59 Å². The van der Waals surface area contributed by atoms with Crippen LogP contribution in [0.1, 0.15) is 35.7 Å². The van der Waals surface area contributed by atoms with Crippen LogP contribution in [0.4, 0.5) is 5.69 Å². The van der Waals surface area contributed by atoms with Gasteiger partial charge in [-0.1, -0.05) is 6.07 Å². The summed E-state index contributed by atoms with van der Waals surface area (Å²) in [5.74, 6) is -0.270. The predicted octanol–water partition coefficient (Wildman–Crippen LogP) is 1.52. The summed E-state index contributed by atoms with van der Waals surface area (Å²) in [7, 11) is 0. The number of anilines is 1. The Morgan fingerprint density at radius 1 is 1.30 bits per heavy atom. The molecule has 108 valence electrons. The van der Waals surface area contributed by atoms with Crippen LogP contribution < -0.4 is 11.1 Å². The fourth-order valence-electron chi connectivity index (χ4n) is 2.62. The fraction of sp³-hybridized carbons (Fsp3) is 0.467. The number of nitrogens with one attached hydrogen (secondary N) is 1. The minimum absolute atomic E-state index is 0.135. The van der Waals surface area contributed by atoms with Gasteiger partial charge < -0.3 is 16.0 Å². The van der Waals surface area contributed by atoms with Crippen LogP contribution in [0.15, 0.2) is 18.2 Å². The molecule has 0 radical (unpaired) electrons. The van der Waals surface area contributed by atoms with E-state index in [9.17, 15) is 9.59 Å². The monoisotopic (exact) mass is 275 g/mol. The van der Waals surface area contributed by atoms with Gasteiger partial charge in [0.1, 0.15) is 0 Å². The van der Waals surface area contributed by atoms with E-state index in [0.29, 0.717) is 11.6 Å². The van der Waals surface area contributed by atoms with Gasteiger partial charge in [0.15, 0.2) is 0 Å². The molecule has 1 aliphatic heterocycles. The first-order chi connectivity index (χ1) is 9.49. The lowest BCUT2D eigenvalue weighted by molar-refractivity contribution is -0.129. The molecule has 20 heavy (non-hydrogen) atoms.